The topological polar surface area (TPSA) is 40.5 Å². The number of aliphatic carboxylic acids is 1. The van der Waals surface area contributed by atoms with Crippen LogP contribution in [0.3, 0.4) is 0 Å². The summed E-state index contributed by atoms with van der Waals surface area (Å²) in [6.07, 6.45) is 0. The van der Waals surface area contributed by atoms with Crippen LogP contribution >= 0.6 is 0 Å². The van der Waals surface area contributed by atoms with Gasteiger partial charge in [-0.3, -0.25) is 4.79 Å². The van der Waals surface area contributed by atoms with Gasteiger partial charge in [-0.25, -0.2) is 0 Å². The van der Waals surface area contributed by atoms with Crippen molar-refractivity contribution in [2.24, 2.45) is 0 Å². The summed E-state index contributed by atoms with van der Waals surface area (Å²) in [4.78, 5) is 12.6. The second kappa shape index (κ2) is 3.37. The summed E-state index contributed by atoms with van der Waals surface area (Å²) in [5.74, 6) is -0.839. The maximum atomic E-state index is 10.8. The molecule has 0 saturated heterocycles. The van der Waals surface area contributed by atoms with Crippen molar-refractivity contribution in [3.8, 4) is 0 Å². The Hall–Kier alpha value is -1.77. The zero-order chi connectivity index (χ0) is 11.9. The number of rotatable bonds is 2. The van der Waals surface area contributed by atoms with Crippen LogP contribution in [0.15, 0.2) is 36.5 Å². The predicted molar refractivity (Wildman–Crippen MR) is 63.6 cm³/mol. The summed E-state index contributed by atoms with van der Waals surface area (Å²) in [6, 6.07) is 7.86. The van der Waals surface area contributed by atoms with E-state index < -0.39 is 5.97 Å². The third-order valence-electron chi connectivity index (χ3n) is 3.21. The van der Waals surface area contributed by atoms with E-state index in [9.17, 15) is 4.79 Å². The van der Waals surface area contributed by atoms with E-state index >= 15 is 0 Å². The van der Waals surface area contributed by atoms with Crippen molar-refractivity contribution in [1.29, 1.82) is 0 Å². The summed E-state index contributed by atoms with van der Waals surface area (Å²) >= 11 is 0. The Balaban J connectivity index is 2.51. The molecule has 1 N–H and O–H groups in total. The Labute approximate surface area is 95.0 Å². The molecule has 1 heterocycles. The highest BCUT2D eigenvalue weighted by Crippen LogP contribution is 2.46. The highest BCUT2D eigenvalue weighted by atomic mass is 16.4. The molecule has 0 amide bonds. The Morgan fingerprint density at radius 2 is 2.06 bits per heavy atom. The zero-order valence-electron chi connectivity index (χ0n) is 9.53. The van der Waals surface area contributed by atoms with E-state index in [1.165, 1.54) is 0 Å². The molecule has 0 bridgehead atoms. The predicted octanol–water partition coefficient (Wildman–Crippen LogP) is 2.38. The third-order valence-corrected chi connectivity index (χ3v) is 3.21. The van der Waals surface area contributed by atoms with Crippen LogP contribution in [0.1, 0.15) is 19.4 Å². The molecule has 0 aliphatic carbocycles. The summed E-state index contributed by atoms with van der Waals surface area (Å²) in [5.41, 5.74) is 2.75. The molecule has 0 atom stereocenters. The molecule has 2 rings (SSSR count). The Morgan fingerprint density at radius 1 is 1.44 bits per heavy atom. The lowest BCUT2D eigenvalue weighted by molar-refractivity contribution is -0.135. The normalized spacial score (nSPS) is 17.4. The molecule has 0 spiro atoms. The first kappa shape index (κ1) is 10.7. The summed E-state index contributed by atoms with van der Waals surface area (Å²) in [6.45, 7) is 8.12. The van der Waals surface area contributed by atoms with Gasteiger partial charge in [0, 0.05) is 16.8 Å². The van der Waals surface area contributed by atoms with Crippen molar-refractivity contribution < 1.29 is 9.90 Å². The minimum absolute atomic E-state index is 0.0285. The first-order valence-electron chi connectivity index (χ1n) is 5.23. The second-order valence-electron chi connectivity index (χ2n) is 4.57. The molecule has 3 heteroatoms. The number of hydrogen-bond donors (Lipinski definition) is 1. The van der Waals surface area contributed by atoms with Gasteiger partial charge >= 0.3 is 5.97 Å². The lowest BCUT2D eigenvalue weighted by Crippen LogP contribution is -2.29. The highest BCUT2D eigenvalue weighted by molar-refractivity contribution is 5.80. The number of nitrogens with zero attached hydrogens (tertiary/aromatic N) is 1. The molecule has 0 aromatic heterocycles. The van der Waals surface area contributed by atoms with E-state index in [4.69, 9.17) is 5.11 Å². The molecular weight excluding hydrogens is 202 g/mol. The number of allylic oxidation sites excluding steroid dienone is 1. The molecule has 84 valence electrons. The van der Waals surface area contributed by atoms with E-state index in [1.54, 1.807) is 4.90 Å². The van der Waals surface area contributed by atoms with Crippen LogP contribution in [0.2, 0.25) is 0 Å². The van der Waals surface area contributed by atoms with Gasteiger partial charge in [-0.05, 0) is 11.6 Å². The van der Waals surface area contributed by atoms with E-state index in [1.807, 2.05) is 24.3 Å². The maximum Gasteiger partial charge on any atom is 0.323 e. The molecule has 1 aliphatic heterocycles. The SMILES string of the molecule is C=C1N(CC(=O)O)c2ccccc2C1(C)C. The van der Waals surface area contributed by atoms with Crippen molar-refractivity contribution in [2.75, 3.05) is 11.4 Å². The number of benzene rings is 1. The second-order valence-corrected chi connectivity index (χ2v) is 4.57. The van der Waals surface area contributed by atoms with Gasteiger partial charge in [0.2, 0.25) is 0 Å². The van der Waals surface area contributed by atoms with Crippen molar-refractivity contribution in [3.05, 3.63) is 42.1 Å². The number of anilines is 1. The van der Waals surface area contributed by atoms with E-state index in [0.29, 0.717) is 0 Å². The van der Waals surface area contributed by atoms with Gasteiger partial charge in [0.15, 0.2) is 0 Å². The minimum Gasteiger partial charge on any atom is -0.480 e. The average molecular weight is 217 g/mol. The lowest BCUT2D eigenvalue weighted by Gasteiger charge is -2.24. The van der Waals surface area contributed by atoms with Crippen LogP contribution in [-0.4, -0.2) is 17.6 Å². The van der Waals surface area contributed by atoms with Gasteiger partial charge in [-0.2, -0.15) is 0 Å². The van der Waals surface area contributed by atoms with Crippen molar-refractivity contribution >= 4 is 11.7 Å². The molecular formula is C13H15NO2. The number of carboxylic acid groups (broad SMARTS) is 1. The van der Waals surface area contributed by atoms with Gasteiger partial charge in [-0.1, -0.05) is 38.6 Å². The standard InChI is InChI=1S/C13H15NO2/c1-9-13(2,3)10-6-4-5-7-11(10)14(9)8-12(15)16/h4-7H,1,8H2,2-3H3,(H,15,16). The van der Waals surface area contributed by atoms with Crippen LogP contribution in [0.4, 0.5) is 5.69 Å². The summed E-state index contributed by atoms with van der Waals surface area (Å²) in [7, 11) is 0. The van der Waals surface area contributed by atoms with Gasteiger partial charge in [0.25, 0.3) is 0 Å². The molecule has 0 saturated carbocycles. The molecule has 0 radical (unpaired) electrons. The van der Waals surface area contributed by atoms with Crippen LogP contribution in [0, 0.1) is 0 Å². The Kier molecular flexibility index (Phi) is 2.26. The first-order valence-corrected chi connectivity index (χ1v) is 5.23. The van der Waals surface area contributed by atoms with Crippen molar-refractivity contribution in [2.45, 2.75) is 19.3 Å². The van der Waals surface area contributed by atoms with E-state index in [0.717, 1.165) is 16.9 Å². The fraction of sp³-hybridized carbons (Fsp3) is 0.308. The van der Waals surface area contributed by atoms with Gasteiger partial charge in [0.1, 0.15) is 6.54 Å². The zero-order valence-corrected chi connectivity index (χ0v) is 9.53. The first-order chi connectivity index (χ1) is 7.44. The quantitative estimate of drug-likeness (QED) is 0.826. The van der Waals surface area contributed by atoms with Gasteiger partial charge in [0.05, 0.1) is 0 Å². The fourth-order valence-corrected chi connectivity index (χ4v) is 2.19. The van der Waals surface area contributed by atoms with Crippen molar-refractivity contribution in [1.82, 2.24) is 0 Å². The van der Waals surface area contributed by atoms with Crippen molar-refractivity contribution in [3.63, 3.8) is 0 Å². The average Bonchev–Trinajstić information content (AvgIpc) is 2.41. The fourth-order valence-electron chi connectivity index (χ4n) is 2.19. The maximum absolute atomic E-state index is 10.8. The molecule has 3 nitrogen and oxygen atoms in total. The number of carbonyl (C=O) groups is 1. The van der Waals surface area contributed by atoms with E-state index in [-0.39, 0.29) is 12.0 Å². The number of para-hydroxylation sites is 1. The molecule has 1 aromatic rings. The number of hydrogen-bond acceptors (Lipinski definition) is 2. The van der Waals surface area contributed by atoms with Crippen LogP contribution in [-0.2, 0) is 10.2 Å². The molecule has 0 fully saturated rings. The highest BCUT2D eigenvalue weighted by Gasteiger charge is 2.39. The molecule has 16 heavy (non-hydrogen) atoms. The molecule has 1 aliphatic rings. The Bertz CT molecular complexity index is 463. The summed E-state index contributed by atoms with van der Waals surface area (Å²) < 4.78 is 0. The van der Waals surface area contributed by atoms with Crippen LogP contribution < -0.4 is 4.90 Å². The summed E-state index contributed by atoms with van der Waals surface area (Å²) in [5, 5.41) is 8.90. The Morgan fingerprint density at radius 3 is 2.69 bits per heavy atom. The number of carboxylic acids is 1. The third kappa shape index (κ3) is 1.40. The monoisotopic (exact) mass is 217 g/mol. The number of fused-ring (bicyclic) bond motifs is 1. The van der Waals surface area contributed by atoms with Gasteiger partial charge < -0.3 is 10.0 Å². The molecule has 0 unspecified atom stereocenters. The minimum atomic E-state index is -0.839. The molecule has 1 aromatic carbocycles. The smallest absolute Gasteiger partial charge is 0.323 e. The van der Waals surface area contributed by atoms with Crippen LogP contribution in [0.25, 0.3) is 0 Å². The van der Waals surface area contributed by atoms with E-state index in [2.05, 4.69) is 20.4 Å². The largest absolute Gasteiger partial charge is 0.480 e. The van der Waals surface area contributed by atoms with Gasteiger partial charge in [-0.15, -0.1) is 0 Å². The lowest BCUT2D eigenvalue weighted by atomic mass is 9.85. The van der Waals surface area contributed by atoms with Crippen LogP contribution in [0.5, 0.6) is 0 Å².